The van der Waals surface area contributed by atoms with Crippen LogP contribution in [-0.2, 0) is 0 Å². The van der Waals surface area contributed by atoms with Crippen LogP contribution in [0.3, 0.4) is 0 Å². The Hall–Kier alpha value is -0.770. The molecular weight excluding hydrogens is 292 g/mol. The molecule has 0 aliphatic heterocycles. The first-order chi connectivity index (χ1) is 10.4. The van der Waals surface area contributed by atoms with Crippen molar-refractivity contribution in [3.05, 3.63) is 42.5 Å². The van der Waals surface area contributed by atoms with E-state index in [1.165, 1.54) is 4.90 Å². The number of aliphatic hydroxyl groups excluding tert-OH is 1. The van der Waals surface area contributed by atoms with Gasteiger partial charge in [0, 0.05) is 10.6 Å². The Balaban J connectivity index is 2.15. The second-order valence-electron chi connectivity index (χ2n) is 6.67. The molecule has 0 heterocycles. The Bertz CT molecular complexity index is 423. The van der Waals surface area contributed by atoms with Crippen molar-refractivity contribution < 1.29 is 10.2 Å². The van der Waals surface area contributed by atoms with Gasteiger partial charge in [0.1, 0.15) is 0 Å². The maximum Gasteiger partial charge on any atom is 0.0814 e. The fourth-order valence-corrected chi connectivity index (χ4v) is 3.05. The lowest BCUT2D eigenvalue weighted by Gasteiger charge is -2.17. The van der Waals surface area contributed by atoms with Crippen LogP contribution in [0.4, 0.5) is 0 Å². The first-order valence-electron chi connectivity index (χ1n) is 8.12. The van der Waals surface area contributed by atoms with Gasteiger partial charge < -0.3 is 10.2 Å². The van der Waals surface area contributed by atoms with Gasteiger partial charge in [-0.25, -0.2) is 0 Å². The van der Waals surface area contributed by atoms with Crippen LogP contribution in [0.5, 0.6) is 0 Å². The van der Waals surface area contributed by atoms with Gasteiger partial charge in [-0.2, -0.15) is 0 Å². The average Bonchev–Trinajstić information content (AvgIpc) is 2.45. The highest BCUT2D eigenvalue weighted by molar-refractivity contribution is 7.99. The number of hydrogen-bond acceptors (Lipinski definition) is 3. The second-order valence-corrected chi connectivity index (χ2v) is 7.76. The van der Waals surface area contributed by atoms with Crippen molar-refractivity contribution in [1.82, 2.24) is 0 Å². The highest BCUT2D eigenvalue weighted by Gasteiger charge is 2.12. The maximum atomic E-state index is 9.97. The molecule has 0 saturated heterocycles. The van der Waals surface area contributed by atoms with Gasteiger partial charge in [0.25, 0.3) is 0 Å². The Kier molecular flexibility index (Phi) is 8.84. The van der Waals surface area contributed by atoms with E-state index in [4.69, 9.17) is 0 Å². The molecule has 1 rings (SSSR count). The van der Waals surface area contributed by atoms with E-state index in [9.17, 15) is 10.2 Å². The Morgan fingerprint density at radius 2 is 1.91 bits per heavy atom. The zero-order chi connectivity index (χ0) is 16.4. The van der Waals surface area contributed by atoms with E-state index in [1.807, 2.05) is 38.1 Å². The van der Waals surface area contributed by atoms with E-state index < -0.39 is 11.7 Å². The summed E-state index contributed by atoms with van der Waals surface area (Å²) in [5, 5.41) is 19.6. The molecule has 0 aliphatic rings. The average molecular weight is 323 g/mol. The molecule has 124 valence electrons. The molecule has 0 fully saturated rings. The van der Waals surface area contributed by atoms with Gasteiger partial charge in [0.2, 0.25) is 0 Å². The van der Waals surface area contributed by atoms with E-state index in [0.29, 0.717) is 11.7 Å². The smallest absolute Gasteiger partial charge is 0.0814 e. The molecule has 0 aromatic heterocycles. The van der Waals surface area contributed by atoms with Crippen molar-refractivity contribution in [3.63, 3.8) is 0 Å². The minimum absolute atomic E-state index is 0.395. The minimum atomic E-state index is -0.555. The molecule has 0 aliphatic carbocycles. The molecule has 1 aromatic carbocycles. The van der Waals surface area contributed by atoms with E-state index in [1.54, 1.807) is 11.8 Å². The van der Waals surface area contributed by atoms with Gasteiger partial charge in [-0.05, 0) is 44.7 Å². The molecule has 3 heteroatoms. The standard InChI is InChI=1S/C19H30O2S/c1-16(10-8-14-19(2,3)21)9-7-11-17(20)15-22-18-12-5-4-6-13-18/h4-7,11-13,16-17,20-21H,8-10,14-15H2,1-3H3/t16-,17?/m0/s1. The Labute approximate surface area is 139 Å². The predicted octanol–water partition coefficient (Wildman–Crippen LogP) is 4.66. The van der Waals surface area contributed by atoms with E-state index in [0.717, 1.165) is 25.7 Å². The lowest BCUT2D eigenvalue weighted by atomic mass is 9.95. The van der Waals surface area contributed by atoms with Crippen molar-refractivity contribution in [2.24, 2.45) is 5.92 Å². The van der Waals surface area contributed by atoms with Gasteiger partial charge in [-0.3, -0.25) is 0 Å². The van der Waals surface area contributed by atoms with Crippen LogP contribution in [0.25, 0.3) is 0 Å². The van der Waals surface area contributed by atoms with Crippen LogP contribution in [0.1, 0.15) is 46.5 Å². The van der Waals surface area contributed by atoms with Crippen LogP contribution in [-0.4, -0.2) is 27.7 Å². The van der Waals surface area contributed by atoms with Crippen LogP contribution in [0.15, 0.2) is 47.4 Å². The zero-order valence-corrected chi connectivity index (χ0v) is 14.9. The summed E-state index contributed by atoms with van der Waals surface area (Å²) in [6.45, 7) is 5.94. The molecule has 22 heavy (non-hydrogen) atoms. The summed E-state index contributed by atoms with van der Waals surface area (Å²) in [7, 11) is 0. The third-order valence-electron chi connectivity index (χ3n) is 3.55. The van der Waals surface area contributed by atoms with Crippen molar-refractivity contribution in [3.8, 4) is 0 Å². The fourth-order valence-electron chi connectivity index (χ4n) is 2.22. The second kappa shape index (κ2) is 10.1. The molecule has 0 radical (unpaired) electrons. The first-order valence-corrected chi connectivity index (χ1v) is 9.10. The highest BCUT2D eigenvalue weighted by Crippen LogP contribution is 2.20. The van der Waals surface area contributed by atoms with Gasteiger partial charge in [0.15, 0.2) is 0 Å². The summed E-state index contributed by atoms with van der Waals surface area (Å²) >= 11 is 1.67. The number of hydrogen-bond donors (Lipinski definition) is 2. The lowest BCUT2D eigenvalue weighted by molar-refractivity contribution is 0.0670. The summed E-state index contributed by atoms with van der Waals surface area (Å²) in [6.07, 6.45) is 7.59. The summed E-state index contributed by atoms with van der Waals surface area (Å²) in [5.41, 5.74) is -0.555. The van der Waals surface area contributed by atoms with Crippen LogP contribution in [0.2, 0.25) is 0 Å². The van der Waals surface area contributed by atoms with E-state index in [2.05, 4.69) is 25.1 Å². The van der Waals surface area contributed by atoms with Crippen LogP contribution >= 0.6 is 11.8 Å². The van der Waals surface area contributed by atoms with Gasteiger partial charge in [0.05, 0.1) is 11.7 Å². The van der Waals surface area contributed by atoms with Gasteiger partial charge >= 0.3 is 0 Å². The van der Waals surface area contributed by atoms with E-state index in [-0.39, 0.29) is 0 Å². The molecule has 2 atom stereocenters. The number of benzene rings is 1. The molecule has 0 bridgehead atoms. The molecule has 0 saturated carbocycles. The molecule has 1 unspecified atom stereocenters. The quantitative estimate of drug-likeness (QED) is 0.486. The third-order valence-corrected chi connectivity index (χ3v) is 4.66. The normalized spacial score (nSPS) is 15.1. The predicted molar refractivity (Wildman–Crippen MR) is 96.2 cm³/mol. The molecule has 2 N–H and O–H groups in total. The lowest BCUT2D eigenvalue weighted by Crippen LogP contribution is -2.18. The first kappa shape index (κ1) is 19.3. The molecular formula is C19H30O2S. The third kappa shape index (κ3) is 10.0. The Morgan fingerprint density at radius 1 is 1.23 bits per heavy atom. The van der Waals surface area contributed by atoms with Gasteiger partial charge in [-0.15, -0.1) is 11.8 Å². The Morgan fingerprint density at radius 3 is 2.55 bits per heavy atom. The van der Waals surface area contributed by atoms with Crippen LogP contribution in [0, 0.1) is 5.92 Å². The summed E-state index contributed by atoms with van der Waals surface area (Å²) < 4.78 is 0. The number of allylic oxidation sites excluding steroid dienone is 1. The zero-order valence-electron chi connectivity index (χ0n) is 14.0. The highest BCUT2D eigenvalue weighted by atomic mass is 32.2. The minimum Gasteiger partial charge on any atom is -0.390 e. The number of thioether (sulfide) groups is 1. The summed E-state index contributed by atoms with van der Waals surface area (Å²) in [6, 6.07) is 10.1. The molecule has 0 amide bonds. The van der Waals surface area contributed by atoms with E-state index >= 15 is 0 Å². The number of rotatable bonds is 10. The summed E-state index contributed by atoms with van der Waals surface area (Å²) in [4.78, 5) is 1.19. The SMILES string of the molecule is C[C@@H](CC=CC(O)CSc1ccccc1)CCCC(C)(C)O. The largest absolute Gasteiger partial charge is 0.390 e. The molecule has 2 nitrogen and oxygen atoms in total. The van der Waals surface area contributed by atoms with Gasteiger partial charge in [-0.1, -0.05) is 50.1 Å². The fraction of sp³-hybridized carbons (Fsp3) is 0.579. The summed E-state index contributed by atoms with van der Waals surface area (Å²) in [5.74, 6) is 1.28. The maximum absolute atomic E-state index is 9.97. The number of aliphatic hydroxyl groups is 2. The van der Waals surface area contributed by atoms with Crippen LogP contribution < -0.4 is 0 Å². The monoisotopic (exact) mass is 322 g/mol. The van der Waals surface area contributed by atoms with Crippen molar-refractivity contribution in [1.29, 1.82) is 0 Å². The van der Waals surface area contributed by atoms with Crippen molar-refractivity contribution >= 4 is 11.8 Å². The van der Waals surface area contributed by atoms with Crippen molar-refractivity contribution in [2.75, 3.05) is 5.75 Å². The topological polar surface area (TPSA) is 40.5 Å². The molecule has 1 aromatic rings. The van der Waals surface area contributed by atoms with Crippen molar-refractivity contribution in [2.45, 2.75) is 63.1 Å². The molecule has 0 spiro atoms.